The zero-order valence-electron chi connectivity index (χ0n) is 13.6. The quantitative estimate of drug-likeness (QED) is 0.323. The highest BCUT2D eigenvalue weighted by Crippen LogP contribution is 2.10. The number of nitrogens with two attached hydrogens (primary N) is 1. The van der Waals surface area contributed by atoms with Crippen molar-refractivity contribution < 1.29 is 13.2 Å². The number of guanidine groups is 1. The Morgan fingerprint density at radius 3 is 2.70 bits per heavy atom. The van der Waals surface area contributed by atoms with Crippen LogP contribution in [-0.4, -0.2) is 40.7 Å². The van der Waals surface area contributed by atoms with E-state index in [0.29, 0.717) is 19.1 Å². The molecule has 1 unspecified atom stereocenters. The standard InChI is InChI=1S/C14H24N4O3S.HI/c1-4-16-14(18-11(2)10-21-3)17-9-12-6-5-7-13(8-12)22(15,19)20;/h5-8,11H,4,9-10H2,1-3H3,(H2,15,19,20)(H2,16,17,18);1H. The topological polar surface area (TPSA) is 106 Å². The molecule has 1 atom stereocenters. The summed E-state index contributed by atoms with van der Waals surface area (Å²) in [5, 5.41) is 11.5. The first-order valence-corrected chi connectivity index (χ1v) is 8.57. The Kier molecular flexibility index (Phi) is 10.4. The van der Waals surface area contributed by atoms with Gasteiger partial charge >= 0.3 is 0 Å². The van der Waals surface area contributed by atoms with Crippen LogP contribution in [0.4, 0.5) is 0 Å². The van der Waals surface area contributed by atoms with Crippen LogP contribution in [0.2, 0.25) is 0 Å². The summed E-state index contributed by atoms with van der Waals surface area (Å²) in [6, 6.07) is 6.56. The van der Waals surface area contributed by atoms with Gasteiger partial charge in [-0.15, -0.1) is 24.0 Å². The van der Waals surface area contributed by atoms with Gasteiger partial charge in [0.15, 0.2) is 5.96 Å². The number of halogens is 1. The summed E-state index contributed by atoms with van der Waals surface area (Å²) in [5.41, 5.74) is 0.767. The molecular formula is C14H25IN4O3S. The summed E-state index contributed by atoms with van der Waals surface area (Å²) in [7, 11) is -2.06. The van der Waals surface area contributed by atoms with Crippen LogP contribution < -0.4 is 15.8 Å². The Balaban J connectivity index is 0.00000484. The Labute approximate surface area is 155 Å². The zero-order valence-corrected chi connectivity index (χ0v) is 16.7. The molecule has 1 aromatic rings. The Morgan fingerprint density at radius 2 is 2.13 bits per heavy atom. The maximum absolute atomic E-state index is 11.3. The lowest BCUT2D eigenvalue weighted by atomic mass is 10.2. The van der Waals surface area contributed by atoms with Crippen molar-refractivity contribution in [3.8, 4) is 0 Å². The molecule has 7 nitrogen and oxygen atoms in total. The highest BCUT2D eigenvalue weighted by atomic mass is 127. The Bertz CT molecular complexity index is 608. The molecule has 0 spiro atoms. The van der Waals surface area contributed by atoms with E-state index >= 15 is 0 Å². The van der Waals surface area contributed by atoms with E-state index < -0.39 is 10.0 Å². The minimum absolute atomic E-state index is 0. The number of primary sulfonamides is 1. The molecule has 0 amide bonds. The molecule has 1 rings (SSSR count). The van der Waals surface area contributed by atoms with Crippen molar-refractivity contribution in [2.75, 3.05) is 20.3 Å². The largest absolute Gasteiger partial charge is 0.383 e. The van der Waals surface area contributed by atoms with E-state index in [9.17, 15) is 8.42 Å². The summed E-state index contributed by atoms with van der Waals surface area (Å²) in [4.78, 5) is 4.52. The van der Waals surface area contributed by atoms with Gasteiger partial charge in [-0.2, -0.15) is 0 Å². The average molecular weight is 456 g/mol. The molecule has 9 heteroatoms. The van der Waals surface area contributed by atoms with Crippen LogP contribution in [0.25, 0.3) is 0 Å². The van der Waals surface area contributed by atoms with Crippen LogP contribution in [0.3, 0.4) is 0 Å². The van der Waals surface area contributed by atoms with Crippen molar-refractivity contribution in [2.24, 2.45) is 10.1 Å². The number of nitrogens with zero attached hydrogens (tertiary/aromatic N) is 1. The van der Waals surface area contributed by atoms with Gasteiger partial charge in [0.2, 0.25) is 10.0 Å². The fourth-order valence-corrected chi connectivity index (χ4v) is 2.42. The number of nitrogens with one attached hydrogen (secondary N) is 2. The minimum atomic E-state index is -3.70. The maximum Gasteiger partial charge on any atom is 0.238 e. The van der Waals surface area contributed by atoms with Crippen LogP contribution in [-0.2, 0) is 21.3 Å². The molecule has 0 aliphatic heterocycles. The lowest BCUT2D eigenvalue weighted by Crippen LogP contribution is -2.43. The summed E-state index contributed by atoms with van der Waals surface area (Å²) in [6.45, 7) is 5.59. The monoisotopic (exact) mass is 456 g/mol. The number of hydrogen-bond donors (Lipinski definition) is 3. The lowest BCUT2D eigenvalue weighted by molar-refractivity contribution is 0.179. The highest BCUT2D eigenvalue weighted by Gasteiger charge is 2.08. The number of sulfonamides is 1. The van der Waals surface area contributed by atoms with E-state index in [1.165, 1.54) is 12.1 Å². The smallest absolute Gasteiger partial charge is 0.238 e. The van der Waals surface area contributed by atoms with Gasteiger partial charge in [-0.3, -0.25) is 0 Å². The normalized spacial score (nSPS) is 13.1. The van der Waals surface area contributed by atoms with E-state index in [0.717, 1.165) is 12.1 Å². The first-order chi connectivity index (χ1) is 10.4. The fourth-order valence-electron chi connectivity index (χ4n) is 1.84. The maximum atomic E-state index is 11.3. The van der Waals surface area contributed by atoms with Crippen LogP contribution in [0.15, 0.2) is 34.2 Å². The van der Waals surface area contributed by atoms with Gasteiger partial charge in [0.1, 0.15) is 0 Å². The molecule has 132 valence electrons. The fraction of sp³-hybridized carbons (Fsp3) is 0.500. The highest BCUT2D eigenvalue weighted by molar-refractivity contribution is 14.0. The second-order valence-electron chi connectivity index (χ2n) is 4.89. The number of aliphatic imine (C=N–C) groups is 1. The van der Waals surface area contributed by atoms with Crippen molar-refractivity contribution in [1.82, 2.24) is 10.6 Å². The van der Waals surface area contributed by atoms with Crippen LogP contribution in [0, 0.1) is 0 Å². The molecule has 0 radical (unpaired) electrons. The average Bonchev–Trinajstić information content (AvgIpc) is 2.45. The predicted octanol–water partition coefficient (Wildman–Crippen LogP) is 1.04. The first kappa shape index (κ1) is 22.1. The van der Waals surface area contributed by atoms with E-state index in [1.54, 1.807) is 19.2 Å². The number of hydrogen-bond acceptors (Lipinski definition) is 4. The van der Waals surface area contributed by atoms with Crippen molar-refractivity contribution in [3.05, 3.63) is 29.8 Å². The second kappa shape index (κ2) is 10.8. The third-order valence-corrected chi connectivity index (χ3v) is 3.70. The molecule has 0 saturated carbocycles. The van der Waals surface area contributed by atoms with Gasteiger partial charge in [-0.25, -0.2) is 18.5 Å². The number of rotatable bonds is 7. The first-order valence-electron chi connectivity index (χ1n) is 7.02. The van der Waals surface area contributed by atoms with Gasteiger partial charge in [-0.05, 0) is 31.5 Å². The van der Waals surface area contributed by atoms with Gasteiger partial charge in [0.25, 0.3) is 0 Å². The van der Waals surface area contributed by atoms with E-state index in [2.05, 4.69) is 15.6 Å². The van der Waals surface area contributed by atoms with Gasteiger partial charge in [0.05, 0.1) is 18.0 Å². The van der Waals surface area contributed by atoms with Crippen LogP contribution in [0.5, 0.6) is 0 Å². The van der Waals surface area contributed by atoms with Crippen LogP contribution in [0.1, 0.15) is 19.4 Å². The molecule has 0 saturated heterocycles. The summed E-state index contributed by atoms with van der Waals surface area (Å²) in [6.07, 6.45) is 0. The summed E-state index contributed by atoms with van der Waals surface area (Å²) in [5.74, 6) is 0.646. The van der Waals surface area contributed by atoms with Gasteiger partial charge in [0, 0.05) is 19.7 Å². The molecule has 4 N–H and O–H groups in total. The molecule has 0 fully saturated rings. The Morgan fingerprint density at radius 1 is 1.43 bits per heavy atom. The molecule has 23 heavy (non-hydrogen) atoms. The SMILES string of the molecule is CCNC(=NCc1cccc(S(N)(=O)=O)c1)NC(C)COC.I. The predicted molar refractivity (Wildman–Crippen MR) is 103 cm³/mol. The molecule has 0 aliphatic carbocycles. The van der Waals surface area contributed by atoms with Crippen molar-refractivity contribution >= 4 is 40.0 Å². The lowest BCUT2D eigenvalue weighted by Gasteiger charge is -2.17. The molecule has 0 aromatic heterocycles. The molecule has 0 aliphatic rings. The van der Waals surface area contributed by atoms with Crippen molar-refractivity contribution in [2.45, 2.75) is 31.3 Å². The number of ether oxygens (including phenoxy) is 1. The van der Waals surface area contributed by atoms with Crippen molar-refractivity contribution in [3.63, 3.8) is 0 Å². The van der Waals surface area contributed by atoms with Crippen LogP contribution >= 0.6 is 24.0 Å². The third kappa shape index (κ3) is 8.49. The molecule has 1 aromatic carbocycles. The number of methoxy groups -OCH3 is 1. The minimum Gasteiger partial charge on any atom is -0.383 e. The van der Waals surface area contributed by atoms with Gasteiger partial charge in [-0.1, -0.05) is 12.1 Å². The Hall–Kier alpha value is -0.910. The van der Waals surface area contributed by atoms with E-state index in [4.69, 9.17) is 9.88 Å². The third-order valence-electron chi connectivity index (χ3n) is 2.79. The zero-order chi connectivity index (χ0) is 16.6. The summed E-state index contributed by atoms with van der Waals surface area (Å²) >= 11 is 0. The number of benzene rings is 1. The van der Waals surface area contributed by atoms with E-state index in [1.807, 2.05) is 13.8 Å². The molecular weight excluding hydrogens is 431 g/mol. The molecule has 0 bridgehead atoms. The molecule has 0 heterocycles. The van der Waals surface area contributed by atoms with E-state index in [-0.39, 0.29) is 34.9 Å². The van der Waals surface area contributed by atoms with Gasteiger partial charge < -0.3 is 15.4 Å². The second-order valence-corrected chi connectivity index (χ2v) is 6.45. The summed E-state index contributed by atoms with van der Waals surface area (Å²) < 4.78 is 27.8. The van der Waals surface area contributed by atoms with Crippen molar-refractivity contribution in [1.29, 1.82) is 0 Å².